The summed E-state index contributed by atoms with van der Waals surface area (Å²) < 4.78 is 5.69. The first-order chi connectivity index (χ1) is 14.7. The topological polar surface area (TPSA) is 33.5 Å². The van der Waals surface area contributed by atoms with Crippen LogP contribution in [0.3, 0.4) is 0 Å². The Labute approximate surface area is 180 Å². The number of aryl methyl sites for hydroxylation is 2. The minimum absolute atomic E-state index is 0.112. The molecule has 0 atom stereocenters. The Morgan fingerprint density at radius 1 is 0.733 bits per heavy atom. The smallest absolute Gasteiger partial charge is 0.357 e. The van der Waals surface area contributed by atoms with Gasteiger partial charge in [0.25, 0.3) is 0 Å². The lowest BCUT2D eigenvalue weighted by Gasteiger charge is -2.28. The predicted molar refractivity (Wildman–Crippen MR) is 121 cm³/mol. The van der Waals surface area contributed by atoms with Crippen LogP contribution in [0.15, 0.2) is 94.1 Å². The molecule has 1 aliphatic carbocycles. The fourth-order valence-corrected chi connectivity index (χ4v) is 4.41. The number of hydrogen-bond acceptors (Lipinski definition) is 3. The lowest BCUT2D eigenvalue weighted by Crippen LogP contribution is -2.18. The maximum Gasteiger partial charge on any atom is 0.357 e. The van der Waals surface area contributed by atoms with Crippen LogP contribution >= 0.6 is 11.6 Å². The summed E-state index contributed by atoms with van der Waals surface area (Å²) in [6.07, 6.45) is 2.17. The van der Waals surface area contributed by atoms with Crippen molar-refractivity contribution >= 4 is 28.7 Å². The molecule has 4 heteroatoms. The number of anilines is 3. The van der Waals surface area contributed by atoms with Gasteiger partial charge in [-0.05, 0) is 41.8 Å². The standard InChI is InChI=1S/C26H20ClNO2/c27-24-25(28(20-11-3-1-4-12-20)21-13-5-2-6-14-21)22-17-19-10-8-7-9-18(19)15-16-23(22)30-26(24)29/h1-14H,15-17H2. The van der Waals surface area contributed by atoms with Crippen molar-refractivity contribution in [2.45, 2.75) is 19.3 Å². The van der Waals surface area contributed by atoms with Gasteiger partial charge < -0.3 is 9.32 Å². The first kappa shape index (κ1) is 18.7. The summed E-state index contributed by atoms with van der Waals surface area (Å²) in [5.74, 6) is 0.715. The maximum atomic E-state index is 12.7. The molecule has 0 bridgehead atoms. The number of para-hydroxylation sites is 2. The summed E-state index contributed by atoms with van der Waals surface area (Å²) in [6, 6.07) is 28.4. The van der Waals surface area contributed by atoms with Gasteiger partial charge in [-0.25, -0.2) is 4.79 Å². The molecule has 0 N–H and O–H groups in total. The molecule has 0 fully saturated rings. The summed E-state index contributed by atoms with van der Waals surface area (Å²) in [7, 11) is 0. The zero-order valence-electron chi connectivity index (χ0n) is 16.3. The molecule has 0 saturated heterocycles. The quantitative estimate of drug-likeness (QED) is 0.387. The van der Waals surface area contributed by atoms with Crippen molar-refractivity contribution in [1.29, 1.82) is 0 Å². The molecule has 1 aliphatic rings. The van der Waals surface area contributed by atoms with Crippen molar-refractivity contribution in [2.75, 3.05) is 4.90 Å². The first-order valence-corrected chi connectivity index (χ1v) is 10.4. The molecule has 4 aromatic rings. The zero-order chi connectivity index (χ0) is 20.5. The Hall–Kier alpha value is -3.30. The average Bonchev–Trinajstić information content (AvgIpc) is 2.97. The van der Waals surface area contributed by atoms with E-state index >= 15 is 0 Å². The van der Waals surface area contributed by atoms with Crippen LogP contribution in [0.2, 0.25) is 5.02 Å². The van der Waals surface area contributed by atoms with Gasteiger partial charge in [0.2, 0.25) is 0 Å². The fourth-order valence-electron chi connectivity index (χ4n) is 4.17. The van der Waals surface area contributed by atoms with E-state index < -0.39 is 5.63 Å². The third-order valence-electron chi connectivity index (χ3n) is 5.58. The summed E-state index contributed by atoms with van der Waals surface area (Å²) >= 11 is 6.66. The van der Waals surface area contributed by atoms with Crippen molar-refractivity contribution in [1.82, 2.24) is 0 Å². The SMILES string of the molecule is O=c1oc2c(c(N(c3ccccc3)c3ccccc3)c1Cl)Cc1ccccc1CC2. The van der Waals surface area contributed by atoms with Crippen molar-refractivity contribution in [3.63, 3.8) is 0 Å². The molecule has 0 saturated carbocycles. The molecule has 3 aromatic carbocycles. The number of benzene rings is 3. The molecule has 0 radical (unpaired) electrons. The molecule has 1 aromatic heterocycles. The van der Waals surface area contributed by atoms with Crippen LogP contribution in [0, 0.1) is 0 Å². The van der Waals surface area contributed by atoms with E-state index in [2.05, 4.69) is 29.2 Å². The van der Waals surface area contributed by atoms with E-state index in [1.54, 1.807) is 0 Å². The van der Waals surface area contributed by atoms with Gasteiger partial charge in [-0.3, -0.25) is 0 Å². The molecule has 0 unspecified atom stereocenters. The van der Waals surface area contributed by atoms with Crippen LogP contribution in [0.1, 0.15) is 22.5 Å². The van der Waals surface area contributed by atoms with E-state index in [1.165, 1.54) is 11.1 Å². The Balaban J connectivity index is 1.79. The number of hydrogen-bond donors (Lipinski definition) is 0. The summed E-state index contributed by atoms with van der Waals surface area (Å²) in [6.45, 7) is 0. The normalized spacial score (nSPS) is 12.6. The highest BCUT2D eigenvalue weighted by Gasteiger charge is 2.27. The van der Waals surface area contributed by atoms with E-state index in [0.29, 0.717) is 24.3 Å². The molecule has 0 amide bonds. The molecule has 0 spiro atoms. The van der Waals surface area contributed by atoms with Gasteiger partial charge in [0.05, 0.1) is 5.69 Å². The molecule has 1 heterocycles. The molecule has 5 rings (SSSR count). The van der Waals surface area contributed by atoms with E-state index in [1.807, 2.05) is 60.7 Å². The third kappa shape index (κ3) is 3.31. The summed E-state index contributed by atoms with van der Waals surface area (Å²) in [5, 5.41) is 0.112. The number of nitrogens with zero attached hydrogens (tertiary/aromatic N) is 1. The number of rotatable bonds is 3. The van der Waals surface area contributed by atoms with Crippen molar-refractivity contribution in [2.24, 2.45) is 0 Å². The van der Waals surface area contributed by atoms with Crippen molar-refractivity contribution in [3.8, 4) is 0 Å². The van der Waals surface area contributed by atoms with Crippen LogP contribution in [0.25, 0.3) is 0 Å². The molecule has 148 valence electrons. The minimum Gasteiger partial charge on any atom is -0.426 e. The molecule has 3 nitrogen and oxygen atoms in total. The highest BCUT2D eigenvalue weighted by molar-refractivity contribution is 6.33. The van der Waals surface area contributed by atoms with Crippen LogP contribution in [0.4, 0.5) is 17.1 Å². The van der Waals surface area contributed by atoms with Crippen molar-refractivity contribution in [3.05, 3.63) is 123 Å². The monoisotopic (exact) mass is 413 g/mol. The highest BCUT2D eigenvalue weighted by Crippen LogP contribution is 2.42. The Morgan fingerprint density at radius 3 is 1.93 bits per heavy atom. The van der Waals surface area contributed by atoms with Gasteiger partial charge in [0, 0.05) is 29.8 Å². The van der Waals surface area contributed by atoms with E-state index in [0.717, 1.165) is 23.4 Å². The second kappa shape index (κ2) is 7.85. The van der Waals surface area contributed by atoms with E-state index in [4.69, 9.17) is 16.0 Å². The Kier molecular flexibility index (Phi) is 4.89. The molecular formula is C26H20ClNO2. The van der Waals surface area contributed by atoms with E-state index in [-0.39, 0.29) is 5.02 Å². The first-order valence-electron chi connectivity index (χ1n) is 10.0. The largest absolute Gasteiger partial charge is 0.426 e. The lowest BCUT2D eigenvalue weighted by molar-refractivity contribution is 0.455. The second-order valence-electron chi connectivity index (χ2n) is 7.41. The number of halogens is 1. The third-order valence-corrected chi connectivity index (χ3v) is 5.92. The minimum atomic E-state index is -0.492. The second-order valence-corrected chi connectivity index (χ2v) is 7.78. The predicted octanol–water partition coefficient (Wildman–Crippen LogP) is 6.45. The summed E-state index contributed by atoms with van der Waals surface area (Å²) in [4.78, 5) is 14.8. The van der Waals surface area contributed by atoms with Crippen LogP contribution < -0.4 is 10.5 Å². The van der Waals surface area contributed by atoms with Gasteiger partial charge in [-0.1, -0.05) is 72.3 Å². The molecule has 30 heavy (non-hydrogen) atoms. The van der Waals surface area contributed by atoms with Gasteiger partial charge in [0.1, 0.15) is 5.76 Å². The van der Waals surface area contributed by atoms with Gasteiger partial charge in [-0.15, -0.1) is 0 Å². The van der Waals surface area contributed by atoms with Crippen LogP contribution in [0.5, 0.6) is 0 Å². The van der Waals surface area contributed by atoms with Gasteiger partial charge in [0.15, 0.2) is 5.02 Å². The van der Waals surface area contributed by atoms with Crippen LogP contribution in [-0.4, -0.2) is 0 Å². The van der Waals surface area contributed by atoms with E-state index in [9.17, 15) is 4.79 Å². The Morgan fingerprint density at radius 2 is 1.30 bits per heavy atom. The fraction of sp³-hybridized carbons (Fsp3) is 0.115. The average molecular weight is 414 g/mol. The van der Waals surface area contributed by atoms with Crippen LogP contribution in [-0.2, 0) is 19.3 Å². The zero-order valence-corrected chi connectivity index (χ0v) is 17.1. The van der Waals surface area contributed by atoms with Gasteiger partial charge >= 0.3 is 5.63 Å². The number of fused-ring (bicyclic) bond motifs is 2. The maximum absolute atomic E-state index is 12.7. The molecular weight excluding hydrogens is 394 g/mol. The Bertz CT molecular complexity index is 1210. The van der Waals surface area contributed by atoms with Crippen molar-refractivity contribution < 1.29 is 4.42 Å². The summed E-state index contributed by atoms with van der Waals surface area (Å²) in [5.41, 5.74) is 5.59. The highest BCUT2D eigenvalue weighted by atomic mass is 35.5. The van der Waals surface area contributed by atoms with Gasteiger partial charge in [-0.2, -0.15) is 0 Å². The lowest BCUT2D eigenvalue weighted by atomic mass is 10.00. The molecule has 0 aliphatic heterocycles.